The van der Waals surface area contributed by atoms with Gasteiger partial charge in [-0.3, -0.25) is 4.90 Å². The zero-order valence-electron chi connectivity index (χ0n) is 24.9. The summed E-state index contributed by atoms with van der Waals surface area (Å²) in [6.07, 6.45) is 8.73. The van der Waals surface area contributed by atoms with Crippen LogP contribution in [0.5, 0.6) is 11.5 Å². The lowest BCUT2D eigenvalue weighted by Crippen LogP contribution is -2.76. The molecule has 6 aliphatic carbocycles. The van der Waals surface area contributed by atoms with Crippen molar-refractivity contribution in [1.82, 2.24) is 4.90 Å². The zero-order chi connectivity index (χ0) is 27.9. The van der Waals surface area contributed by atoms with Crippen molar-refractivity contribution in [3.8, 4) is 11.5 Å². The van der Waals surface area contributed by atoms with Crippen LogP contribution in [0.1, 0.15) is 55.2 Å². The van der Waals surface area contributed by atoms with Crippen molar-refractivity contribution in [2.45, 2.75) is 74.7 Å². The third-order valence-electron chi connectivity index (χ3n) is 13.3. The Hall–Kier alpha value is -2.60. The molecule has 0 aromatic heterocycles. The number of fused-ring (bicyclic) bond motifs is 3. The van der Waals surface area contributed by atoms with Crippen molar-refractivity contribution in [2.24, 2.45) is 22.7 Å². The number of hydrogen-bond acceptors (Lipinski definition) is 5. The van der Waals surface area contributed by atoms with Crippen LogP contribution >= 0.6 is 0 Å². The molecule has 2 aliphatic heterocycles. The van der Waals surface area contributed by atoms with E-state index < -0.39 is 0 Å². The van der Waals surface area contributed by atoms with E-state index in [2.05, 4.69) is 59.5 Å². The van der Waals surface area contributed by atoms with Crippen LogP contribution in [0, 0.1) is 22.7 Å². The first kappa shape index (κ1) is 24.8. The first-order valence-electron chi connectivity index (χ1n) is 16.3. The molecule has 1 saturated heterocycles. The van der Waals surface area contributed by atoms with Crippen LogP contribution in [0.15, 0.2) is 54.6 Å². The van der Waals surface area contributed by atoms with Gasteiger partial charge in [-0.25, -0.2) is 0 Å². The molecule has 2 heterocycles. The molecule has 0 amide bonds. The summed E-state index contributed by atoms with van der Waals surface area (Å²) in [5.74, 6) is 3.13. The Bertz CT molecular complexity index is 1630. The van der Waals surface area contributed by atoms with E-state index in [4.69, 9.17) is 18.9 Å². The topological polar surface area (TPSA) is 40.2 Å². The number of benzene rings is 3. The number of rotatable bonds is 8. The van der Waals surface area contributed by atoms with Gasteiger partial charge in [-0.05, 0) is 84.9 Å². The van der Waals surface area contributed by atoms with Crippen molar-refractivity contribution in [3.05, 3.63) is 71.3 Å². The Kier molecular flexibility index (Phi) is 4.79. The van der Waals surface area contributed by atoms with E-state index in [1.165, 1.54) is 79.1 Å². The summed E-state index contributed by atoms with van der Waals surface area (Å²) in [6.45, 7) is 3.89. The lowest BCUT2D eigenvalue weighted by molar-refractivity contribution is -0.260. The predicted molar refractivity (Wildman–Crippen MR) is 161 cm³/mol. The smallest absolute Gasteiger partial charge is 0.165 e. The van der Waals surface area contributed by atoms with Crippen molar-refractivity contribution in [1.29, 1.82) is 0 Å². The van der Waals surface area contributed by atoms with Crippen LogP contribution in [0.3, 0.4) is 0 Å². The molecule has 5 saturated carbocycles. The van der Waals surface area contributed by atoms with E-state index in [1.807, 2.05) is 7.11 Å². The minimum atomic E-state index is -0.351. The van der Waals surface area contributed by atoms with Crippen molar-refractivity contribution in [3.63, 3.8) is 0 Å². The number of hydrogen-bond donors (Lipinski definition) is 0. The Labute approximate surface area is 248 Å². The second-order valence-electron chi connectivity index (χ2n) is 15.0. The van der Waals surface area contributed by atoms with Crippen LogP contribution in [0.2, 0.25) is 0 Å². The Morgan fingerprint density at radius 3 is 2.71 bits per heavy atom. The molecule has 3 aromatic rings. The van der Waals surface area contributed by atoms with Gasteiger partial charge in [0.2, 0.25) is 0 Å². The number of likely N-dealkylation sites (tertiary alicyclic amines) is 1. The maximum absolute atomic E-state index is 7.24. The first-order chi connectivity index (χ1) is 20.6. The Morgan fingerprint density at radius 1 is 1.00 bits per heavy atom. The van der Waals surface area contributed by atoms with Gasteiger partial charge in [0.1, 0.15) is 11.7 Å². The average molecular weight is 564 g/mol. The van der Waals surface area contributed by atoms with Gasteiger partial charge >= 0.3 is 0 Å². The largest absolute Gasteiger partial charge is 0.493 e. The lowest BCUT2D eigenvalue weighted by Gasteiger charge is -2.68. The summed E-state index contributed by atoms with van der Waals surface area (Å²) in [7, 11) is 3.73. The summed E-state index contributed by atoms with van der Waals surface area (Å²) in [6, 6.07) is 20.5. The lowest BCUT2D eigenvalue weighted by atomic mass is 9.41. The van der Waals surface area contributed by atoms with E-state index in [0.717, 1.165) is 23.8 Å². The standard InChI is InChI=1S/C37H41NO4/c1-39-29-12-11-27-16-34-21-36-30(27)31(29)42-33(36)37(40-2)14-13-35(36,32(34)38(22-34)18-23-7-8-23)17-28(37)20-41-19-24-9-10-25-5-3-4-6-26(25)15-24/h3-6,9-12,15,23,28,32-33H,7-8,13-14,16-22H2,1-2H3. The van der Waals surface area contributed by atoms with E-state index in [-0.39, 0.29) is 22.5 Å². The van der Waals surface area contributed by atoms with Crippen molar-refractivity contribution >= 4 is 10.8 Å². The minimum Gasteiger partial charge on any atom is -0.493 e. The fourth-order valence-corrected chi connectivity index (χ4v) is 12.0. The Morgan fingerprint density at radius 2 is 1.88 bits per heavy atom. The summed E-state index contributed by atoms with van der Waals surface area (Å²) < 4.78 is 26.6. The minimum absolute atomic E-state index is 0.0104. The number of nitrogens with zero attached hydrogens (tertiary/aromatic N) is 1. The predicted octanol–water partition coefficient (Wildman–Crippen LogP) is 6.29. The van der Waals surface area contributed by atoms with Gasteiger partial charge < -0.3 is 18.9 Å². The van der Waals surface area contributed by atoms with Gasteiger partial charge in [0.05, 0.1) is 20.3 Å². The van der Waals surface area contributed by atoms with Crippen LogP contribution in [0.25, 0.3) is 10.8 Å². The molecule has 5 heteroatoms. The maximum Gasteiger partial charge on any atom is 0.165 e. The number of ether oxygens (including phenoxy) is 4. The second-order valence-corrected chi connectivity index (χ2v) is 15.0. The molecule has 218 valence electrons. The molecule has 4 bridgehead atoms. The second kappa shape index (κ2) is 8.11. The fraction of sp³-hybridized carbons (Fsp3) is 0.568. The monoisotopic (exact) mass is 563 g/mol. The summed E-state index contributed by atoms with van der Waals surface area (Å²) in [5, 5.41) is 2.55. The molecule has 3 aromatic carbocycles. The molecule has 11 rings (SSSR count). The molecular formula is C37H41NO4. The van der Waals surface area contributed by atoms with Crippen LogP contribution in [0.4, 0.5) is 0 Å². The molecule has 0 N–H and O–H groups in total. The zero-order valence-corrected chi connectivity index (χ0v) is 24.9. The maximum atomic E-state index is 7.24. The highest BCUT2D eigenvalue weighted by Gasteiger charge is 2.87. The summed E-state index contributed by atoms with van der Waals surface area (Å²) >= 11 is 0. The first-order valence-corrected chi connectivity index (χ1v) is 16.3. The Balaban J connectivity index is 1.05. The SMILES string of the molecule is COc1ccc2c3c1OC1C4(OC)CCC5(CC4COCc4ccc6ccccc6c4)C4N(CC6CC6)CC4(C2)CC315. The number of methoxy groups -OCH3 is 2. The average Bonchev–Trinajstić information content (AvgIpc) is 3.72. The summed E-state index contributed by atoms with van der Waals surface area (Å²) in [4.78, 5) is 2.93. The van der Waals surface area contributed by atoms with Gasteiger partial charge in [0.25, 0.3) is 0 Å². The molecule has 7 unspecified atom stereocenters. The van der Waals surface area contributed by atoms with Crippen LogP contribution in [-0.2, 0) is 27.9 Å². The normalized spacial score (nSPS) is 40.0. The third kappa shape index (κ3) is 2.78. The van der Waals surface area contributed by atoms with E-state index >= 15 is 0 Å². The molecule has 5 nitrogen and oxygen atoms in total. The van der Waals surface area contributed by atoms with Crippen molar-refractivity contribution < 1.29 is 18.9 Å². The van der Waals surface area contributed by atoms with Gasteiger partial charge in [-0.2, -0.15) is 0 Å². The highest BCUT2D eigenvalue weighted by molar-refractivity contribution is 5.83. The van der Waals surface area contributed by atoms with Gasteiger partial charge in [0.15, 0.2) is 11.5 Å². The van der Waals surface area contributed by atoms with E-state index in [1.54, 1.807) is 7.11 Å². The van der Waals surface area contributed by atoms with E-state index in [9.17, 15) is 0 Å². The quantitative estimate of drug-likeness (QED) is 0.322. The van der Waals surface area contributed by atoms with Gasteiger partial charge in [0, 0.05) is 54.0 Å². The summed E-state index contributed by atoms with van der Waals surface area (Å²) in [5.41, 5.74) is 4.48. The molecule has 3 spiro atoms. The molecular weight excluding hydrogens is 522 g/mol. The van der Waals surface area contributed by atoms with Crippen LogP contribution in [-0.4, -0.2) is 56.6 Å². The van der Waals surface area contributed by atoms with Gasteiger partial charge in [-0.15, -0.1) is 0 Å². The molecule has 0 radical (unpaired) electrons. The molecule has 8 aliphatic rings. The molecule has 7 atom stereocenters. The third-order valence-corrected chi connectivity index (χ3v) is 13.3. The highest BCUT2D eigenvalue weighted by atomic mass is 16.6. The highest BCUT2D eigenvalue weighted by Crippen LogP contribution is 2.83. The fourth-order valence-electron chi connectivity index (χ4n) is 12.0. The van der Waals surface area contributed by atoms with Gasteiger partial charge in [-0.1, -0.05) is 42.5 Å². The van der Waals surface area contributed by atoms with Crippen molar-refractivity contribution in [2.75, 3.05) is 33.9 Å². The molecule has 42 heavy (non-hydrogen) atoms. The van der Waals surface area contributed by atoms with Crippen LogP contribution < -0.4 is 9.47 Å². The molecule has 6 fully saturated rings. The van der Waals surface area contributed by atoms with E-state index in [0.29, 0.717) is 30.6 Å².